The lowest BCUT2D eigenvalue weighted by molar-refractivity contribution is -0.0688. The van der Waals surface area contributed by atoms with Crippen molar-refractivity contribution in [1.29, 1.82) is 0 Å². The first-order valence-electron chi connectivity index (χ1n) is 15.5. The first kappa shape index (κ1) is 31.7. The third-order valence-electron chi connectivity index (χ3n) is 8.39. The fourth-order valence-corrected chi connectivity index (χ4v) is 5.93. The van der Waals surface area contributed by atoms with Crippen LogP contribution in [-0.2, 0) is 6.54 Å². The highest BCUT2D eigenvalue weighted by molar-refractivity contribution is 6.01. The number of piperidine rings is 1. The van der Waals surface area contributed by atoms with Crippen LogP contribution in [0.25, 0.3) is 22.4 Å². The molecule has 1 amide bonds. The predicted molar refractivity (Wildman–Crippen MR) is 166 cm³/mol. The number of aryl methyl sites for hydroxylation is 1. The molecule has 7 nitrogen and oxygen atoms in total. The van der Waals surface area contributed by atoms with Gasteiger partial charge >= 0.3 is 6.18 Å². The number of hydrogen-bond donors (Lipinski definition) is 2. The van der Waals surface area contributed by atoms with Gasteiger partial charge in [-0.25, -0.2) is 9.37 Å². The van der Waals surface area contributed by atoms with Gasteiger partial charge in [-0.05, 0) is 50.1 Å². The number of carbonyl (C=O) groups excluding carboxylic acids is 1. The summed E-state index contributed by atoms with van der Waals surface area (Å²) in [6.45, 7) is 6.11. The van der Waals surface area contributed by atoms with Gasteiger partial charge in [0.1, 0.15) is 11.9 Å². The Balaban J connectivity index is 1.42. The van der Waals surface area contributed by atoms with Gasteiger partial charge in [-0.15, -0.1) is 0 Å². The molecule has 0 radical (unpaired) electrons. The van der Waals surface area contributed by atoms with Crippen LogP contribution in [0, 0.1) is 0 Å². The second kappa shape index (κ2) is 14.4. The lowest BCUT2D eigenvalue weighted by Crippen LogP contribution is -2.48. The van der Waals surface area contributed by atoms with Gasteiger partial charge < -0.3 is 15.5 Å². The number of rotatable bonds is 1. The normalized spacial score (nSPS) is 23.6. The molecule has 3 atom stereocenters. The van der Waals surface area contributed by atoms with Crippen LogP contribution >= 0.6 is 0 Å². The number of aromatic nitrogens is 3. The van der Waals surface area contributed by atoms with E-state index in [-0.39, 0.29) is 29.2 Å². The van der Waals surface area contributed by atoms with Gasteiger partial charge in [0.25, 0.3) is 5.91 Å². The second-order valence-electron chi connectivity index (χ2n) is 11.7. The number of hydrogen-bond acceptors (Lipinski definition) is 5. The minimum Gasteiger partial charge on any atom is -0.379 e. The van der Waals surface area contributed by atoms with E-state index < -0.39 is 24.0 Å². The molecule has 1 fully saturated rings. The number of nitrogens with zero attached hydrogens (tertiary/aromatic N) is 4. The lowest BCUT2D eigenvalue weighted by atomic mass is 9.99. The number of anilines is 1. The summed E-state index contributed by atoms with van der Waals surface area (Å²) in [5.41, 5.74) is -0.233. The number of amides is 1. The molecule has 3 aromatic rings. The van der Waals surface area contributed by atoms with E-state index in [1.807, 2.05) is 0 Å². The van der Waals surface area contributed by atoms with E-state index in [4.69, 9.17) is 0 Å². The molecule has 0 spiro atoms. The van der Waals surface area contributed by atoms with E-state index in [2.05, 4.69) is 32.2 Å². The molecule has 0 saturated carbocycles. The number of carbonyl (C=O) groups is 1. The standard InChI is InChI=1S/C33H40F4N6O/c1-23(33(35,36)37)31-25-12-9-13-28-26(25)21-24(39-31)11-10-16-38-32(44)30-15-20-43(41-30)18-8-6-4-2-3-5-7-17-42-19-14-29(40-28)27(34)22-42/h9-13,15,20-21,27,29,40H,1-8,14,16-19,22H2,(H,38,44)/b11-10+/t27-,29+/m0/s1. The largest absolute Gasteiger partial charge is 0.417 e. The van der Waals surface area contributed by atoms with E-state index in [0.29, 0.717) is 29.7 Å². The number of alkyl halides is 4. The van der Waals surface area contributed by atoms with Gasteiger partial charge in [-0.2, -0.15) is 18.3 Å². The summed E-state index contributed by atoms with van der Waals surface area (Å²) in [4.78, 5) is 19.1. The SMILES string of the molecule is C=C(c1nc2cc3c(cccc13)N[C@@H]1CCN(CCCCCCCCCn3ccc(n3)C(=O)NC/C=C/2)C[C@@H]1F)C(F)(F)F. The molecule has 5 heterocycles. The minimum atomic E-state index is -4.68. The fourth-order valence-electron chi connectivity index (χ4n) is 5.93. The van der Waals surface area contributed by atoms with Crippen molar-refractivity contribution in [2.45, 2.75) is 76.3 Å². The summed E-state index contributed by atoms with van der Waals surface area (Å²) in [5, 5.41) is 11.2. The molecule has 6 rings (SSSR count). The number of fused-ring (bicyclic) bond motifs is 13. The lowest BCUT2D eigenvalue weighted by Gasteiger charge is -2.35. The molecule has 236 valence electrons. The Hall–Kier alpha value is -3.73. The van der Waals surface area contributed by atoms with Gasteiger partial charge in [0.2, 0.25) is 0 Å². The van der Waals surface area contributed by atoms with Crippen molar-refractivity contribution in [1.82, 2.24) is 25.0 Å². The average molecular weight is 613 g/mol. The monoisotopic (exact) mass is 612 g/mol. The van der Waals surface area contributed by atoms with Crippen molar-refractivity contribution in [3.05, 3.63) is 66.3 Å². The summed E-state index contributed by atoms with van der Waals surface area (Å²) in [7, 11) is 0. The van der Waals surface area contributed by atoms with Gasteiger partial charge in [0.15, 0.2) is 0 Å². The first-order valence-corrected chi connectivity index (χ1v) is 15.5. The summed E-state index contributed by atoms with van der Waals surface area (Å²) < 4.78 is 58.6. The predicted octanol–water partition coefficient (Wildman–Crippen LogP) is 7.02. The van der Waals surface area contributed by atoms with Crippen LogP contribution in [-0.4, -0.2) is 70.1 Å². The number of allylic oxidation sites excluding steroid dienone is 1. The summed E-state index contributed by atoms with van der Waals surface area (Å²) in [6.07, 6.45) is 7.45. The Labute approximate surface area is 255 Å². The zero-order chi connectivity index (χ0) is 31.1. The van der Waals surface area contributed by atoms with Gasteiger partial charge in [-0.1, -0.05) is 56.9 Å². The maximum absolute atomic E-state index is 15.4. The minimum absolute atomic E-state index is 0.128. The maximum atomic E-state index is 15.4. The van der Waals surface area contributed by atoms with Crippen LogP contribution < -0.4 is 10.6 Å². The summed E-state index contributed by atoms with van der Waals surface area (Å²) in [6, 6.07) is 7.86. The topological polar surface area (TPSA) is 75.1 Å². The Kier molecular flexibility index (Phi) is 10.3. The van der Waals surface area contributed by atoms with E-state index in [1.165, 1.54) is 0 Å². The first-order chi connectivity index (χ1) is 21.2. The Morgan fingerprint density at radius 3 is 2.48 bits per heavy atom. The Morgan fingerprint density at radius 1 is 0.977 bits per heavy atom. The van der Waals surface area contributed by atoms with E-state index >= 15 is 4.39 Å². The van der Waals surface area contributed by atoms with Gasteiger partial charge in [0, 0.05) is 48.8 Å². The molecule has 11 heteroatoms. The molecular weight excluding hydrogens is 572 g/mol. The molecule has 2 aromatic heterocycles. The highest BCUT2D eigenvalue weighted by Gasteiger charge is 2.35. The second-order valence-corrected chi connectivity index (χ2v) is 11.7. The van der Waals surface area contributed by atoms with E-state index in [0.717, 1.165) is 64.6 Å². The van der Waals surface area contributed by atoms with Crippen LogP contribution in [0.5, 0.6) is 0 Å². The Bertz CT molecular complexity index is 1480. The van der Waals surface area contributed by atoms with E-state index in [1.54, 1.807) is 53.4 Å². The van der Waals surface area contributed by atoms with Crippen molar-refractivity contribution in [3.8, 4) is 0 Å². The smallest absolute Gasteiger partial charge is 0.379 e. The average Bonchev–Trinajstić information content (AvgIpc) is 3.47. The van der Waals surface area contributed by atoms with Gasteiger partial charge in [-0.3, -0.25) is 9.48 Å². The van der Waals surface area contributed by atoms with Crippen molar-refractivity contribution >= 4 is 34.0 Å². The summed E-state index contributed by atoms with van der Waals surface area (Å²) >= 11 is 0. The molecule has 1 unspecified atom stereocenters. The molecule has 3 aliphatic heterocycles. The molecular formula is C33H40F4N6O. The Morgan fingerprint density at radius 2 is 1.73 bits per heavy atom. The number of nitrogens with one attached hydrogen (secondary N) is 2. The van der Waals surface area contributed by atoms with Crippen LogP contribution in [0.1, 0.15) is 73.2 Å². The van der Waals surface area contributed by atoms with Crippen molar-refractivity contribution < 1.29 is 22.4 Å². The van der Waals surface area contributed by atoms with Crippen LogP contribution in [0.4, 0.5) is 23.2 Å². The third kappa shape index (κ3) is 8.05. The molecule has 3 aliphatic rings. The van der Waals surface area contributed by atoms with E-state index in [9.17, 15) is 18.0 Å². The molecule has 6 bridgehead atoms. The van der Waals surface area contributed by atoms with Gasteiger partial charge in [0.05, 0.1) is 23.0 Å². The quantitative estimate of drug-likeness (QED) is 0.289. The third-order valence-corrected chi connectivity index (χ3v) is 8.39. The van der Waals surface area contributed by atoms with Crippen molar-refractivity contribution in [3.63, 3.8) is 0 Å². The summed E-state index contributed by atoms with van der Waals surface area (Å²) in [5.74, 6) is -0.342. The maximum Gasteiger partial charge on any atom is 0.417 e. The van der Waals surface area contributed by atoms with Crippen molar-refractivity contribution in [2.75, 3.05) is 31.5 Å². The number of pyridine rings is 1. The molecule has 2 N–H and O–H groups in total. The zero-order valence-corrected chi connectivity index (χ0v) is 24.9. The highest BCUT2D eigenvalue weighted by atomic mass is 19.4. The fraction of sp³-hybridized carbons (Fsp3) is 0.485. The molecule has 44 heavy (non-hydrogen) atoms. The van der Waals surface area contributed by atoms with Crippen molar-refractivity contribution in [2.24, 2.45) is 0 Å². The number of benzene rings is 1. The van der Waals surface area contributed by atoms with Crippen LogP contribution in [0.2, 0.25) is 0 Å². The molecule has 1 aromatic carbocycles. The molecule has 1 saturated heterocycles. The van der Waals surface area contributed by atoms with Crippen LogP contribution in [0.3, 0.4) is 0 Å². The van der Waals surface area contributed by atoms with Crippen LogP contribution in [0.15, 0.2) is 49.2 Å². The highest BCUT2D eigenvalue weighted by Crippen LogP contribution is 2.37. The number of halogens is 4. The molecule has 0 aliphatic carbocycles. The zero-order valence-electron chi connectivity index (χ0n) is 24.9.